The topological polar surface area (TPSA) is 12.9 Å². The number of halogens is 1. The number of pyridine rings is 1. The van der Waals surface area contributed by atoms with E-state index in [-0.39, 0.29) is 0 Å². The summed E-state index contributed by atoms with van der Waals surface area (Å²) >= 11 is 5.87. The summed E-state index contributed by atoms with van der Waals surface area (Å²) in [5.74, 6) is 0. The first kappa shape index (κ1) is 9.22. The molecule has 0 aliphatic rings. The van der Waals surface area contributed by atoms with Crippen LogP contribution in [0.15, 0.2) is 36.5 Å². The fourth-order valence-corrected chi connectivity index (χ4v) is 1.59. The highest BCUT2D eigenvalue weighted by Gasteiger charge is 1.96. The Bertz CT molecular complexity index is 489. The number of nitrogens with zero attached hydrogens (tertiary/aromatic N) is 1. The van der Waals surface area contributed by atoms with E-state index in [1.807, 2.05) is 31.2 Å². The maximum absolute atomic E-state index is 5.87. The summed E-state index contributed by atoms with van der Waals surface area (Å²) in [6.07, 6.45) is 5.73. The van der Waals surface area contributed by atoms with Crippen LogP contribution in [0.1, 0.15) is 12.5 Å². The lowest BCUT2D eigenvalue weighted by Gasteiger charge is -1.99. The first-order valence-corrected chi connectivity index (χ1v) is 4.85. The molecule has 2 aromatic rings. The van der Waals surface area contributed by atoms with Crippen LogP contribution in [-0.4, -0.2) is 4.98 Å². The minimum atomic E-state index is 0.676. The summed E-state index contributed by atoms with van der Waals surface area (Å²) in [5.41, 5.74) is 2.15. The number of allylic oxidation sites excluding steroid dienone is 1. The predicted octanol–water partition coefficient (Wildman–Crippen LogP) is 3.92. The SMILES string of the molecule is C/C=C\c1ccc2ncc(Cl)cc2c1. The molecule has 0 radical (unpaired) electrons. The molecule has 0 bridgehead atoms. The van der Waals surface area contributed by atoms with E-state index >= 15 is 0 Å². The Morgan fingerprint density at radius 1 is 1.29 bits per heavy atom. The van der Waals surface area contributed by atoms with Gasteiger partial charge in [0.25, 0.3) is 0 Å². The molecule has 70 valence electrons. The number of hydrogen-bond acceptors (Lipinski definition) is 1. The molecule has 0 spiro atoms. The Kier molecular flexibility index (Phi) is 2.51. The molecule has 1 heterocycles. The molecule has 0 saturated carbocycles. The molecule has 1 nitrogen and oxygen atoms in total. The maximum Gasteiger partial charge on any atom is 0.0703 e. The van der Waals surface area contributed by atoms with Crippen molar-refractivity contribution in [1.29, 1.82) is 0 Å². The first-order chi connectivity index (χ1) is 6.79. The Morgan fingerprint density at radius 3 is 2.93 bits per heavy atom. The van der Waals surface area contributed by atoms with Crippen molar-refractivity contribution < 1.29 is 0 Å². The normalized spacial score (nSPS) is 11.3. The molecule has 0 unspecified atom stereocenters. The second-order valence-electron chi connectivity index (χ2n) is 3.11. The summed E-state index contributed by atoms with van der Waals surface area (Å²) in [5, 5.41) is 1.75. The summed E-state index contributed by atoms with van der Waals surface area (Å²) in [4.78, 5) is 4.23. The zero-order chi connectivity index (χ0) is 9.97. The van der Waals surface area contributed by atoms with Crippen LogP contribution in [0.2, 0.25) is 5.02 Å². The van der Waals surface area contributed by atoms with Crippen LogP contribution in [-0.2, 0) is 0 Å². The fourth-order valence-electron chi connectivity index (χ4n) is 1.42. The van der Waals surface area contributed by atoms with Crippen molar-refractivity contribution >= 4 is 28.6 Å². The van der Waals surface area contributed by atoms with Gasteiger partial charge in [-0.2, -0.15) is 0 Å². The Labute approximate surface area is 88.0 Å². The zero-order valence-corrected chi connectivity index (χ0v) is 8.62. The number of fused-ring (bicyclic) bond motifs is 1. The molecule has 0 amide bonds. The van der Waals surface area contributed by atoms with E-state index in [9.17, 15) is 0 Å². The van der Waals surface area contributed by atoms with Crippen LogP contribution in [0, 0.1) is 0 Å². The number of rotatable bonds is 1. The van der Waals surface area contributed by atoms with Gasteiger partial charge in [-0.1, -0.05) is 29.8 Å². The average Bonchev–Trinajstić information content (AvgIpc) is 2.17. The smallest absolute Gasteiger partial charge is 0.0703 e. The molecule has 2 heteroatoms. The predicted molar refractivity (Wildman–Crippen MR) is 61.5 cm³/mol. The van der Waals surface area contributed by atoms with E-state index < -0.39 is 0 Å². The van der Waals surface area contributed by atoms with Crippen molar-refractivity contribution in [2.45, 2.75) is 6.92 Å². The molecule has 0 aliphatic carbocycles. The number of hydrogen-bond donors (Lipinski definition) is 0. The van der Waals surface area contributed by atoms with Crippen LogP contribution in [0.25, 0.3) is 17.0 Å². The highest BCUT2D eigenvalue weighted by atomic mass is 35.5. The zero-order valence-electron chi connectivity index (χ0n) is 7.87. The highest BCUT2D eigenvalue weighted by molar-refractivity contribution is 6.31. The van der Waals surface area contributed by atoms with Gasteiger partial charge in [0, 0.05) is 11.6 Å². The molecule has 1 aromatic carbocycles. The summed E-state index contributed by atoms with van der Waals surface area (Å²) in [6, 6.07) is 8.05. The van der Waals surface area contributed by atoms with Crippen molar-refractivity contribution in [1.82, 2.24) is 4.98 Å². The van der Waals surface area contributed by atoms with Crippen molar-refractivity contribution in [3.63, 3.8) is 0 Å². The molecule has 14 heavy (non-hydrogen) atoms. The maximum atomic E-state index is 5.87. The van der Waals surface area contributed by atoms with E-state index in [1.54, 1.807) is 6.20 Å². The summed E-state index contributed by atoms with van der Waals surface area (Å²) < 4.78 is 0. The van der Waals surface area contributed by atoms with Gasteiger partial charge in [-0.05, 0) is 30.7 Å². The van der Waals surface area contributed by atoms with Crippen molar-refractivity contribution in [2.24, 2.45) is 0 Å². The quantitative estimate of drug-likeness (QED) is 0.685. The average molecular weight is 204 g/mol. The van der Waals surface area contributed by atoms with Gasteiger partial charge in [0.1, 0.15) is 0 Å². The van der Waals surface area contributed by atoms with Gasteiger partial charge in [0.15, 0.2) is 0 Å². The molecule has 0 atom stereocenters. The lowest BCUT2D eigenvalue weighted by Crippen LogP contribution is -1.79. The third-order valence-corrected chi connectivity index (χ3v) is 2.24. The van der Waals surface area contributed by atoms with Crippen LogP contribution >= 0.6 is 11.6 Å². The Balaban J connectivity index is 2.63. The van der Waals surface area contributed by atoms with E-state index in [2.05, 4.69) is 17.1 Å². The van der Waals surface area contributed by atoms with Crippen molar-refractivity contribution in [2.75, 3.05) is 0 Å². The molecule has 0 saturated heterocycles. The Morgan fingerprint density at radius 2 is 2.14 bits per heavy atom. The van der Waals surface area contributed by atoms with Gasteiger partial charge in [-0.3, -0.25) is 4.98 Å². The summed E-state index contributed by atoms with van der Waals surface area (Å²) in [6.45, 7) is 2.00. The largest absolute Gasteiger partial charge is 0.255 e. The Hall–Kier alpha value is -1.34. The highest BCUT2D eigenvalue weighted by Crippen LogP contribution is 2.18. The van der Waals surface area contributed by atoms with Gasteiger partial charge >= 0.3 is 0 Å². The van der Waals surface area contributed by atoms with Crippen molar-refractivity contribution in [3.8, 4) is 0 Å². The second-order valence-corrected chi connectivity index (χ2v) is 3.54. The molecular formula is C12H10ClN. The van der Waals surface area contributed by atoms with Crippen LogP contribution < -0.4 is 0 Å². The third kappa shape index (κ3) is 1.78. The van der Waals surface area contributed by atoms with Crippen LogP contribution in [0.4, 0.5) is 0 Å². The molecule has 0 aliphatic heterocycles. The minimum Gasteiger partial charge on any atom is -0.255 e. The number of benzene rings is 1. The molecule has 2 rings (SSSR count). The van der Waals surface area contributed by atoms with Gasteiger partial charge in [0.2, 0.25) is 0 Å². The molecule has 1 aromatic heterocycles. The van der Waals surface area contributed by atoms with E-state index in [4.69, 9.17) is 11.6 Å². The van der Waals surface area contributed by atoms with Gasteiger partial charge in [-0.25, -0.2) is 0 Å². The van der Waals surface area contributed by atoms with Crippen molar-refractivity contribution in [3.05, 3.63) is 47.1 Å². The summed E-state index contributed by atoms with van der Waals surface area (Å²) in [7, 11) is 0. The monoisotopic (exact) mass is 203 g/mol. The third-order valence-electron chi connectivity index (χ3n) is 2.03. The fraction of sp³-hybridized carbons (Fsp3) is 0.0833. The van der Waals surface area contributed by atoms with E-state index in [1.165, 1.54) is 5.56 Å². The minimum absolute atomic E-state index is 0.676. The number of aromatic nitrogens is 1. The van der Waals surface area contributed by atoms with E-state index in [0.29, 0.717) is 5.02 Å². The molecular weight excluding hydrogens is 194 g/mol. The standard InChI is InChI=1S/C12H10ClN/c1-2-3-9-4-5-12-10(6-9)7-11(13)8-14-12/h2-8H,1H3/b3-2-. The van der Waals surface area contributed by atoms with Gasteiger partial charge in [0.05, 0.1) is 10.5 Å². The first-order valence-electron chi connectivity index (χ1n) is 4.47. The van der Waals surface area contributed by atoms with Gasteiger partial charge in [-0.15, -0.1) is 0 Å². The second kappa shape index (κ2) is 3.81. The lowest BCUT2D eigenvalue weighted by atomic mass is 10.1. The van der Waals surface area contributed by atoms with Crippen LogP contribution in [0.3, 0.4) is 0 Å². The molecule has 0 fully saturated rings. The van der Waals surface area contributed by atoms with Crippen LogP contribution in [0.5, 0.6) is 0 Å². The van der Waals surface area contributed by atoms with E-state index in [0.717, 1.165) is 10.9 Å². The van der Waals surface area contributed by atoms with Gasteiger partial charge < -0.3 is 0 Å². The lowest BCUT2D eigenvalue weighted by molar-refractivity contribution is 1.41. The molecule has 0 N–H and O–H groups in total.